The Kier molecular flexibility index (Phi) is 6.96. The summed E-state index contributed by atoms with van der Waals surface area (Å²) in [5.74, 6) is -0.159. The lowest BCUT2D eigenvalue weighted by Crippen LogP contribution is -2.04. The Labute approximate surface area is 192 Å². The fourth-order valence-electron chi connectivity index (χ4n) is 2.90. The highest BCUT2D eigenvalue weighted by Crippen LogP contribution is 2.39. The maximum atomic E-state index is 12.7. The van der Waals surface area contributed by atoms with E-state index in [1.807, 2.05) is 0 Å². The number of carboxylic acids is 1. The second kappa shape index (κ2) is 9.32. The third-order valence-corrected chi connectivity index (χ3v) is 5.54. The summed E-state index contributed by atoms with van der Waals surface area (Å²) in [4.78, 5) is 10.9. The van der Waals surface area contributed by atoms with E-state index in [0.717, 1.165) is 12.1 Å². The molecule has 0 heterocycles. The average molecular weight is 560 g/mol. The molecule has 0 atom stereocenters. The summed E-state index contributed by atoms with van der Waals surface area (Å²) in [5.41, 5.74) is 0.915. The van der Waals surface area contributed by atoms with Crippen molar-refractivity contribution in [3.05, 3.63) is 85.8 Å². The van der Waals surface area contributed by atoms with Crippen LogP contribution in [0.3, 0.4) is 0 Å². The van der Waals surface area contributed by atoms with Crippen LogP contribution in [0.15, 0.2) is 63.5 Å². The Hall–Kier alpha value is -2.52. The van der Waals surface area contributed by atoms with Crippen molar-refractivity contribution < 1.29 is 32.9 Å². The molecule has 2 N–H and O–H groups in total. The zero-order valence-corrected chi connectivity index (χ0v) is 18.9. The summed E-state index contributed by atoms with van der Waals surface area (Å²) < 4.78 is 45.2. The molecule has 0 fully saturated rings. The molecule has 3 rings (SSSR count). The maximum Gasteiger partial charge on any atom is 0.416 e. The molecule has 162 valence electrons. The molecule has 4 nitrogen and oxygen atoms in total. The molecule has 0 aliphatic carbocycles. The predicted octanol–water partition coefficient (Wildman–Crippen LogP) is 6.95. The van der Waals surface area contributed by atoms with Crippen molar-refractivity contribution in [3.63, 3.8) is 0 Å². The predicted molar refractivity (Wildman–Crippen MR) is 116 cm³/mol. The van der Waals surface area contributed by atoms with E-state index >= 15 is 0 Å². The molecule has 0 aliphatic rings. The number of hydrogen-bond acceptors (Lipinski definition) is 3. The van der Waals surface area contributed by atoms with Gasteiger partial charge >= 0.3 is 12.1 Å². The summed E-state index contributed by atoms with van der Waals surface area (Å²) >= 11 is 6.73. The Balaban J connectivity index is 1.82. The van der Waals surface area contributed by atoms with Gasteiger partial charge in [-0.1, -0.05) is 12.1 Å². The van der Waals surface area contributed by atoms with E-state index in [1.165, 1.54) is 18.2 Å². The van der Waals surface area contributed by atoms with Gasteiger partial charge < -0.3 is 14.9 Å². The van der Waals surface area contributed by atoms with Gasteiger partial charge in [0.2, 0.25) is 0 Å². The normalized spacial score (nSPS) is 11.4. The van der Waals surface area contributed by atoms with E-state index in [0.29, 0.717) is 37.1 Å². The molecule has 3 aromatic carbocycles. The summed E-state index contributed by atoms with van der Waals surface area (Å²) in [6.45, 7) is 0. The van der Waals surface area contributed by atoms with Crippen molar-refractivity contribution in [2.24, 2.45) is 0 Å². The minimum Gasteiger partial charge on any atom is -0.508 e. The molecule has 3 aromatic rings. The van der Waals surface area contributed by atoms with Crippen LogP contribution in [-0.4, -0.2) is 16.2 Å². The van der Waals surface area contributed by atoms with Gasteiger partial charge in [0.25, 0.3) is 0 Å². The van der Waals surface area contributed by atoms with Gasteiger partial charge in [-0.15, -0.1) is 0 Å². The largest absolute Gasteiger partial charge is 0.508 e. The quantitative estimate of drug-likeness (QED) is 0.343. The number of rotatable bonds is 6. The molecule has 31 heavy (non-hydrogen) atoms. The Morgan fingerprint density at radius 1 is 0.935 bits per heavy atom. The van der Waals surface area contributed by atoms with Gasteiger partial charge in [0.05, 0.1) is 20.9 Å². The van der Waals surface area contributed by atoms with E-state index in [2.05, 4.69) is 31.9 Å². The number of aromatic hydroxyl groups is 1. The van der Waals surface area contributed by atoms with Crippen molar-refractivity contribution in [1.82, 2.24) is 0 Å². The number of carbonyl (C=O) groups is 1. The molecule has 0 unspecified atom stereocenters. The molecule has 0 radical (unpaired) electrons. The van der Waals surface area contributed by atoms with Gasteiger partial charge in [-0.2, -0.15) is 13.2 Å². The Morgan fingerprint density at radius 3 is 2.10 bits per heavy atom. The first-order valence-corrected chi connectivity index (χ1v) is 10.5. The molecule has 0 aromatic heterocycles. The first kappa shape index (κ1) is 23.1. The van der Waals surface area contributed by atoms with Crippen LogP contribution in [-0.2, 0) is 23.8 Å². The lowest BCUT2D eigenvalue weighted by molar-refractivity contribution is -0.138. The number of phenolic OH excluding ortho intramolecular Hbond substituents is 1. The van der Waals surface area contributed by atoms with E-state index in [4.69, 9.17) is 9.84 Å². The van der Waals surface area contributed by atoms with Crippen molar-refractivity contribution in [3.8, 4) is 17.2 Å². The smallest absolute Gasteiger partial charge is 0.416 e. The first-order chi connectivity index (χ1) is 14.5. The van der Waals surface area contributed by atoms with Crippen LogP contribution >= 0.6 is 31.9 Å². The Bertz CT molecular complexity index is 1090. The second-order valence-electron chi connectivity index (χ2n) is 6.72. The van der Waals surface area contributed by atoms with Crippen molar-refractivity contribution in [2.45, 2.75) is 19.0 Å². The minimum absolute atomic E-state index is 0.0119. The molecule has 0 saturated carbocycles. The van der Waals surface area contributed by atoms with Gasteiger partial charge in [0.1, 0.15) is 11.5 Å². The van der Waals surface area contributed by atoms with Crippen LogP contribution in [0.2, 0.25) is 0 Å². The summed E-state index contributed by atoms with van der Waals surface area (Å²) in [5, 5.41) is 19.1. The first-order valence-electron chi connectivity index (χ1n) is 8.88. The third-order valence-electron chi connectivity index (χ3n) is 4.36. The van der Waals surface area contributed by atoms with E-state index in [1.54, 1.807) is 24.3 Å². The van der Waals surface area contributed by atoms with Crippen LogP contribution < -0.4 is 4.74 Å². The standard InChI is InChI=1S/C22H15Br2F3O4/c23-17-8-13(10-20(29)30)9-18(24)21(17)31-16-5-6-19(28)14(11-16)7-12-1-3-15(4-2-12)22(25,26)27/h1-6,8-9,11,28H,7,10H2,(H,29,30). The molecule has 0 amide bonds. The summed E-state index contributed by atoms with van der Waals surface area (Å²) in [7, 11) is 0. The van der Waals surface area contributed by atoms with Crippen LogP contribution in [0.1, 0.15) is 22.3 Å². The fourth-order valence-corrected chi connectivity index (χ4v) is 4.35. The fraction of sp³-hybridized carbons (Fsp3) is 0.136. The molecule has 0 bridgehead atoms. The number of ether oxygens (including phenoxy) is 1. The van der Waals surface area contributed by atoms with Crippen molar-refractivity contribution >= 4 is 37.8 Å². The molecule has 0 spiro atoms. The van der Waals surface area contributed by atoms with Gasteiger partial charge in [-0.05, 0) is 85.5 Å². The van der Waals surface area contributed by atoms with Crippen LogP contribution in [0, 0.1) is 0 Å². The monoisotopic (exact) mass is 558 g/mol. The topological polar surface area (TPSA) is 66.8 Å². The number of benzene rings is 3. The minimum atomic E-state index is -4.41. The van der Waals surface area contributed by atoms with E-state index < -0.39 is 17.7 Å². The van der Waals surface area contributed by atoms with Gasteiger partial charge in [0.15, 0.2) is 5.75 Å². The number of phenols is 1. The highest BCUT2D eigenvalue weighted by Gasteiger charge is 2.29. The Morgan fingerprint density at radius 2 is 1.55 bits per heavy atom. The zero-order valence-electron chi connectivity index (χ0n) is 15.7. The second-order valence-corrected chi connectivity index (χ2v) is 8.43. The molecule has 0 saturated heterocycles. The summed E-state index contributed by atoms with van der Waals surface area (Å²) in [6.07, 6.45) is -4.34. The van der Waals surface area contributed by atoms with Crippen molar-refractivity contribution in [2.75, 3.05) is 0 Å². The molecular weight excluding hydrogens is 545 g/mol. The van der Waals surface area contributed by atoms with Crippen LogP contribution in [0.4, 0.5) is 13.2 Å². The number of alkyl halides is 3. The SMILES string of the molecule is O=C(O)Cc1cc(Br)c(Oc2ccc(O)c(Cc3ccc(C(F)(F)F)cc3)c2)c(Br)c1. The zero-order chi connectivity index (χ0) is 22.8. The molecule has 9 heteroatoms. The number of halogens is 5. The maximum absolute atomic E-state index is 12.7. The van der Waals surface area contributed by atoms with Crippen LogP contribution in [0.5, 0.6) is 17.2 Å². The highest BCUT2D eigenvalue weighted by molar-refractivity contribution is 9.11. The van der Waals surface area contributed by atoms with Gasteiger partial charge in [-0.3, -0.25) is 4.79 Å². The third kappa shape index (κ3) is 6.01. The molecule has 0 aliphatic heterocycles. The van der Waals surface area contributed by atoms with Gasteiger partial charge in [0, 0.05) is 12.0 Å². The lowest BCUT2D eigenvalue weighted by atomic mass is 10.0. The average Bonchev–Trinajstić information content (AvgIpc) is 2.66. The van der Waals surface area contributed by atoms with Crippen molar-refractivity contribution in [1.29, 1.82) is 0 Å². The highest BCUT2D eigenvalue weighted by atomic mass is 79.9. The molecular formula is C22H15Br2F3O4. The lowest BCUT2D eigenvalue weighted by Gasteiger charge is -2.14. The van der Waals surface area contributed by atoms with Crippen LogP contribution in [0.25, 0.3) is 0 Å². The number of aliphatic carboxylic acids is 1. The summed E-state index contributed by atoms with van der Waals surface area (Å²) in [6, 6.07) is 12.6. The number of hydrogen-bond donors (Lipinski definition) is 2. The van der Waals surface area contributed by atoms with Gasteiger partial charge in [-0.25, -0.2) is 0 Å². The van der Waals surface area contributed by atoms with E-state index in [9.17, 15) is 23.1 Å². The van der Waals surface area contributed by atoms with E-state index in [-0.39, 0.29) is 18.6 Å². The number of carboxylic acid groups (broad SMARTS) is 1.